The van der Waals surface area contributed by atoms with Crippen molar-refractivity contribution >= 4 is 17.4 Å². The highest BCUT2D eigenvalue weighted by Crippen LogP contribution is 2.44. The van der Waals surface area contributed by atoms with Gasteiger partial charge in [-0.15, -0.1) is 11.3 Å². The summed E-state index contributed by atoms with van der Waals surface area (Å²) in [7, 11) is 0. The molecule has 6 heteroatoms. The molecule has 1 N–H and O–H groups in total. The number of aromatic nitrogens is 1. The molecule has 0 spiro atoms. The van der Waals surface area contributed by atoms with Gasteiger partial charge in [0.2, 0.25) is 0 Å². The van der Waals surface area contributed by atoms with Crippen LogP contribution in [-0.2, 0) is 19.4 Å². The molecule has 1 atom stereocenters. The van der Waals surface area contributed by atoms with Crippen LogP contribution in [0.2, 0.25) is 0 Å². The number of nitrogens with one attached hydrogen (secondary N) is 1. The Hall–Kier alpha value is -2.73. The molecule has 5 nitrogen and oxygen atoms in total. The molecule has 168 valence electrons. The number of hydrogen-bond acceptors (Lipinski definition) is 3. The van der Waals surface area contributed by atoms with Crippen molar-refractivity contribution in [1.82, 2.24) is 14.8 Å². The van der Waals surface area contributed by atoms with Crippen molar-refractivity contribution in [3.63, 3.8) is 0 Å². The van der Waals surface area contributed by atoms with E-state index in [0.717, 1.165) is 29.8 Å². The van der Waals surface area contributed by atoms with Crippen LogP contribution in [-0.4, -0.2) is 28.1 Å². The van der Waals surface area contributed by atoms with Crippen molar-refractivity contribution in [2.24, 2.45) is 0 Å². The van der Waals surface area contributed by atoms with Crippen LogP contribution in [0.5, 0.6) is 5.75 Å². The molecule has 0 bridgehead atoms. The second-order valence-electron chi connectivity index (χ2n) is 8.93. The minimum atomic E-state index is -0.168. The standard InChI is InChI=1S/C26H31N3O2S/c1-4-31-19-13-11-18(12-14-19)24-22-9-7-15-28(22)25-21(16-29(24)26(30)27-17(2)3)20-8-5-6-10-23(20)32-25/h7,9,11-15,17,24H,4-6,8,10,16H2,1-3H3,(H,27,30)/t24-/m1/s1. The lowest BCUT2D eigenvalue weighted by Gasteiger charge is -2.32. The maximum atomic E-state index is 13.5. The molecule has 1 aromatic carbocycles. The predicted molar refractivity (Wildman–Crippen MR) is 129 cm³/mol. The van der Waals surface area contributed by atoms with E-state index in [0.29, 0.717) is 13.2 Å². The molecule has 1 aliphatic heterocycles. The van der Waals surface area contributed by atoms with Gasteiger partial charge in [0.05, 0.1) is 24.9 Å². The second-order valence-corrected chi connectivity index (χ2v) is 10.0. The highest BCUT2D eigenvalue weighted by molar-refractivity contribution is 7.15. The van der Waals surface area contributed by atoms with Crippen LogP contribution in [0.25, 0.3) is 5.00 Å². The van der Waals surface area contributed by atoms with Gasteiger partial charge in [-0.2, -0.15) is 0 Å². The molecule has 0 saturated carbocycles. The number of carbonyl (C=O) groups is 1. The lowest BCUT2D eigenvalue weighted by molar-refractivity contribution is 0.178. The molecule has 3 heterocycles. The zero-order chi connectivity index (χ0) is 22.2. The molecule has 0 unspecified atom stereocenters. The van der Waals surface area contributed by atoms with Crippen molar-refractivity contribution in [2.45, 2.75) is 65.1 Å². The second kappa shape index (κ2) is 8.66. The normalized spacial score (nSPS) is 17.4. The fourth-order valence-electron chi connectivity index (χ4n) is 4.98. The monoisotopic (exact) mass is 449 g/mol. The highest BCUT2D eigenvalue weighted by atomic mass is 32.1. The first-order valence-corrected chi connectivity index (χ1v) is 12.5. The summed E-state index contributed by atoms with van der Waals surface area (Å²) >= 11 is 1.92. The number of amides is 2. The molecule has 0 radical (unpaired) electrons. The molecule has 0 fully saturated rings. The van der Waals surface area contributed by atoms with Gasteiger partial charge in [-0.3, -0.25) is 0 Å². The van der Waals surface area contributed by atoms with Crippen molar-refractivity contribution < 1.29 is 9.53 Å². The Morgan fingerprint density at radius 1 is 1.16 bits per heavy atom. The van der Waals surface area contributed by atoms with Gasteiger partial charge in [-0.1, -0.05) is 12.1 Å². The predicted octanol–water partition coefficient (Wildman–Crippen LogP) is 5.84. The van der Waals surface area contributed by atoms with E-state index in [1.54, 1.807) is 0 Å². The van der Waals surface area contributed by atoms with Crippen LogP contribution in [0.15, 0.2) is 42.6 Å². The van der Waals surface area contributed by atoms with E-state index < -0.39 is 0 Å². The SMILES string of the molecule is CCOc1ccc([C@@H]2c3cccn3-c3sc4c(c3CN2C(=O)NC(C)C)CCCC4)cc1. The molecule has 2 amide bonds. The lowest BCUT2D eigenvalue weighted by atomic mass is 9.95. The Bertz CT molecular complexity index is 1110. The maximum Gasteiger partial charge on any atom is 0.318 e. The van der Waals surface area contributed by atoms with Gasteiger partial charge in [-0.25, -0.2) is 4.79 Å². The third kappa shape index (κ3) is 3.71. The maximum absolute atomic E-state index is 13.5. The average Bonchev–Trinajstić information content (AvgIpc) is 3.36. The van der Waals surface area contributed by atoms with Crippen LogP contribution in [0, 0.1) is 0 Å². The summed E-state index contributed by atoms with van der Waals surface area (Å²) in [6, 6.07) is 12.4. The van der Waals surface area contributed by atoms with Crippen LogP contribution >= 0.6 is 11.3 Å². The van der Waals surface area contributed by atoms with E-state index in [1.165, 1.54) is 33.8 Å². The van der Waals surface area contributed by atoms with Crippen molar-refractivity contribution in [3.8, 4) is 10.8 Å². The number of fused-ring (bicyclic) bond motifs is 5. The number of benzene rings is 1. The summed E-state index contributed by atoms with van der Waals surface area (Å²) < 4.78 is 7.98. The number of aryl methyl sites for hydroxylation is 1. The van der Waals surface area contributed by atoms with Crippen molar-refractivity contribution in [2.75, 3.05) is 6.61 Å². The van der Waals surface area contributed by atoms with E-state index in [4.69, 9.17) is 4.74 Å². The van der Waals surface area contributed by atoms with E-state index in [-0.39, 0.29) is 18.1 Å². The van der Waals surface area contributed by atoms with Crippen LogP contribution in [0.4, 0.5) is 4.79 Å². The van der Waals surface area contributed by atoms with Crippen molar-refractivity contribution in [3.05, 3.63) is 69.9 Å². The zero-order valence-corrected chi connectivity index (χ0v) is 19.9. The van der Waals surface area contributed by atoms with E-state index in [2.05, 4.69) is 40.3 Å². The molecule has 2 aliphatic rings. The summed E-state index contributed by atoms with van der Waals surface area (Å²) in [6.07, 6.45) is 6.92. The molecule has 5 rings (SSSR count). The van der Waals surface area contributed by atoms with Crippen LogP contribution in [0.1, 0.15) is 66.9 Å². The number of carbonyl (C=O) groups excluding carboxylic acids is 1. The van der Waals surface area contributed by atoms with E-state index in [1.807, 2.05) is 49.1 Å². The van der Waals surface area contributed by atoms with Gasteiger partial charge < -0.3 is 19.5 Å². The van der Waals surface area contributed by atoms with Crippen LogP contribution in [0.3, 0.4) is 0 Å². The third-order valence-electron chi connectivity index (χ3n) is 6.36. The van der Waals surface area contributed by atoms with Gasteiger partial charge in [0.15, 0.2) is 0 Å². The number of thiophene rings is 1. The smallest absolute Gasteiger partial charge is 0.318 e. The highest BCUT2D eigenvalue weighted by Gasteiger charge is 2.36. The molecular formula is C26H31N3O2S. The minimum absolute atomic E-state index is 0.0183. The number of hydrogen-bond donors (Lipinski definition) is 1. The molecular weight excluding hydrogens is 418 g/mol. The number of ether oxygens (including phenoxy) is 1. The third-order valence-corrected chi connectivity index (χ3v) is 7.69. The molecule has 3 aromatic rings. The Morgan fingerprint density at radius 2 is 1.94 bits per heavy atom. The van der Waals surface area contributed by atoms with Gasteiger partial charge in [-0.05, 0) is 81.8 Å². The number of nitrogens with zero attached hydrogens (tertiary/aromatic N) is 2. The quantitative estimate of drug-likeness (QED) is 0.544. The van der Waals surface area contributed by atoms with Crippen molar-refractivity contribution in [1.29, 1.82) is 0 Å². The van der Waals surface area contributed by atoms with E-state index >= 15 is 0 Å². The van der Waals surface area contributed by atoms with Gasteiger partial charge >= 0.3 is 6.03 Å². The molecule has 32 heavy (non-hydrogen) atoms. The Labute approximate surface area is 194 Å². The first-order chi connectivity index (χ1) is 15.6. The lowest BCUT2D eigenvalue weighted by Crippen LogP contribution is -2.44. The van der Waals surface area contributed by atoms with Gasteiger partial charge in [0.1, 0.15) is 10.8 Å². The molecule has 1 aliphatic carbocycles. The Morgan fingerprint density at radius 3 is 2.69 bits per heavy atom. The minimum Gasteiger partial charge on any atom is -0.494 e. The topological polar surface area (TPSA) is 46.5 Å². The Kier molecular flexibility index (Phi) is 5.72. The number of rotatable bonds is 4. The Balaban J connectivity index is 1.65. The van der Waals surface area contributed by atoms with Crippen LogP contribution < -0.4 is 10.1 Å². The van der Waals surface area contributed by atoms with E-state index in [9.17, 15) is 4.79 Å². The zero-order valence-electron chi connectivity index (χ0n) is 19.1. The molecule has 0 saturated heterocycles. The fourth-order valence-corrected chi connectivity index (χ4v) is 6.38. The summed E-state index contributed by atoms with van der Waals surface area (Å²) in [6.45, 7) is 7.28. The summed E-state index contributed by atoms with van der Waals surface area (Å²) in [5.74, 6) is 0.853. The first-order valence-electron chi connectivity index (χ1n) is 11.7. The summed E-state index contributed by atoms with van der Waals surface area (Å²) in [5.41, 5.74) is 5.03. The number of urea groups is 1. The summed E-state index contributed by atoms with van der Waals surface area (Å²) in [5, 5.41) is 4.44. The summed E-state index contributed by atoms with van der Waals surface area (Å²) in [4.78, 5) is 17.1. The van der Waals surface area contributed by atoms with Gasteiger partial charge in [0.25, 0.3) is 0 Å². The largest absolute Gasteiger partial charge is 0.494 e. The molecule has 2 aromatic heterocycles. The first kappa shape index (κ1) is 21.1. The fraction of sp³-hybridized carbons (Fsp3) is 0.423. The van der Waals surface area contributed by atoms with Gasteiger partial charge in [0, 0.05) is 22.7 Å². The average molecular weight is 450 g/mol.